The molecule has 0 radical (unpaired) electrons. The van der Waals surface area contributed by atoms with E-state index in [-0.39, 0.29) is 25.0 Å². The van der Waals surface area contributed by atoms with Gasteiger partial charge in [0.1, 0.15) is 33.5 Å². The number of anilines is 1. The van der Waals surface area contributed by atoms with Gasteiger partial charge in [0.2, 0.25) is 0 Å². The number of fused-ring (bicyclic) bond motifs is 1. The Morgan fingerprint density at radius 2 is 1.50 bits per heavy atom. The van der Waals surface area contributed by atoms with Crippen LogP contribution in [0.1, 0.15) is 11.1 Å². The van der Waals surface area contributed by atoms with Gasteiger partial charge in [-0.2, -0.15) is 0 Å². The maximum Gasteiger partial charge on any atom is 0.323 e. The van der Waals surface area contributed by atoms with Crippen LogP contribution < -0.4 is 19.7 Å². The number of thioether (sulfide) groups is 2. The van der Waals surface area contributed by atoms with Crippen molar-refractivity contribution >= 4 is 91.9 Å². The van der Waals surface area contributed by atoms with Crippen molar-refractivity contribution in [3.63, 3.8) is 0 Å². The normalized spacial score (nSPS) is 18.1. The van der Waals surface area contributed by atoms with Crippen LogP contribution in [0.15, 0.2) is 32.9 Å². The van der Waals surface area contributed by atoms with E-state index in [4.69, 9.17) is 17.3 Å². The molecule has 2 aliphatic rings. The van der Waals surface area contributed by atoms with E-state index in [2.05, 4.69) is 0 Å². The molecular formula is C23H19N3O8S4. The first-order valence-corrected chi connectivity index (χ1v) is 13.6. The maximum atomic E-state index is 13.2. The molecule has 0 bridgehead atoms. The molecule has 2 aromatic rings. The number of carboxylic acid groups (broad SMARTS) is 3. The molecular weight excluding hydrogens is 575 g/mol. The molecule has 3 N–H and O–H groups in total. The summed E-state index contributed by atoms with van der Waals surface area (Å²) in [7, 11) is 0. The third-order valence-electron chi connectivity index (χ3n) is 5.56. The van der Waals surface area contributed by atoms with Gasteiger partial charge < -0.3 is 20.2 Å². The highest BCUT2D eigenvalue weighted by Crippen LogP contribution is 2.46. The second-order valence-electron chi connectivity index (χ2n) is 8.20. The zero-order chi connectivity index (χ0) is 27.9. The largest absolute Gasteiger partial charge is 0.480 e. The fourth-order valence-electron chi connectivity index (χ4n) is 3.70. The smallest absolute Gasteiger partial charge is 0.323 e. The molecule has 1 aromatic carbocycles. The number of carbonyl (C=O) groups excluding carboxylic acids is 1. The van der Waals surface area contributed by atoms with Gasteiger partial charge in [-0.1, -0.05) is 35.7 Å². The number of amides is 1. The zero-order valence-corrected chi connectivity index (χ0v) is 23.1. The van der Waals surface area contributed by atoms with Crippen LogP contribution >= 0.6 is 47.1 Å². The molecule has 38 heavy (non-hydrogen) atoms. The molecule has 0 unspecified atom stereocenters. The van der Waals surface area contributed by atoms with E-state index in [1.165, 1.54) is 17.8 Å². The van der Waals surface area contributed by atoms with Crippen molar-refractivity contribution in [1.29, 1.82) is 0 Å². The summed E-state index contributed by atoms with van der Waals surface area (Å²) < 4.78 is 1.07. The number of benzene rings is 1. The highest BCUT2D eigenvalue weighted by atomic mass is 32.2. The standard InChI is InChI=1S/C23H19N3O8S4/c1-10-5-12-14(6-11(10)2)36-15(24(12)7-16(27)28)4-3-13-20(33)25(8-17(29)30)22(37-13)19-21(34)26(9-18(31)32)23(35)38-19/h3-6H,7-9H2,1-2H3,(H,27,28)(H,29,30)(H,31,32)/b13-3-,15-4+,22-19-. The fourth-order valence-corrected chi connectivity index (χ4v) is 7.30. The molecule has 2 aliphatic heterocycles. The van der Waals surface area contributed by atoms with Crippen molar-refractivity contribution in [2.24, 2.45) is 0 Å². The number of carbonyl (C=O) groups is 4. The first-order chi connectivity index (χ1) is 17.9. The minimum atomic E-state index is -1.31. The van der Waals surface area contributed by atoms with E-state index in [1.54, 1.807) is 11.0 Å². The maximum absolute atomic E-state index is 13.2. The predicted octanol–water partition coefficient (Wildman–Crippen LogP) is 0.983. The number of aliphatic carboxylic acids is 3. The number of hydrogen-bond donors (Lipinski definition) is 3. The van der Waals surface area contributed by atoms with Gasteiger partial charge in [-0.05, 0) is 49.3 Å². The lowest BCUT2D eigenvalue weighted by atomic mass is 10.1. The van der Waals surface area contributed by atoms with Gasteiger partial charge in [-0.3, -0.25) is 33.4 Å². The minimum absolute atomic E-state index is 0.0159. The number of hydrogen-bond acceptors (Lipinski definition) is 10. The molecule has 1 aromatic heterocycles. The summed E-state index contributed by atoms with van der Waals surface area (Å²) in [5.74, 6) is -4.35. The van der Waals surface area contributed by atoms with E-state index in [9.17, 15) is 34.2 Å². The molecule has 0 spiro atoms. The highest BCUT2D eigenvalue weighted by molar-refractivity contribution is 8.30. The Morgan fingerprint density at radius 3 is 2.13 bits per heavy atom. The van der Waals surface area contributed by atoms with E-state index < -0.39 is 42.5 Å². The SMILES string of the molecule is Cc1cc2c(cc1C)N(CC(=O)O)/C(=C\C=c1/s/c(=C3\SC(=S)N(CC(=O)O)C3=O)n(CC(=O)O)c1=O)S2. The van der Waals surface area contributed by atoms with Gasteiger partial charge in [0, 0.05) is 4.90 Å². The van der Waals surface area contributed by atoms with Crippen LogP contribution in [0, 0.1) is 13.8 Å². The zero-order valence-electron chi connectivity index (χ0n) is 19.8. The summed E-state index contributed by atoms with van der Waals surface area (Å²) in [5, 5.41) is 28.5. The lowest BCUT2D eigenvalue weighted by molar-refractivity contribution is -0.140. The molecule has 0 aliphatic carbocycles. The minimum Gasteiger partial charge on any atom is -0.480 e. The van der Waals surface area contributed by atoms with Crippen molar-refractivity contribution in [3.8, 4) is 0 Å². The van der Waals surface area contributed by atoms with Gasteiger partial charge in [0.05, 0.1) is 15.2 Å². The Balaban J connectivity index is 1.85. The summed E-state index contributed by atoms with van der Waals surface area (Å²) in [6.07, 6.45) is 3.03. The van der Waals surface area contributed by atoms with E-state index in [0.29, 0.717) is 5.03 Å². The van der Waals surface area contributed by atoms with Crippen LogP contribution in [-0.2, 0) is 25.7 Å². The van der Waals surface area contributed by atoms with Gasteiger partial charge in [-0.25, -0.2) is 0 Å². The number of thiocarbonyl (C=S) groups is 1. The molecule has 11 nitrogen and oxygen atoms in total. The van der Waals surface area contributed by atoms with Crippen molar-refractivity contribution in [2.45, 2.75) is 25.3 Å². The second kappa shape index (κ2) is 10.8. The van der Waals surface area contributed by atoms with Crippen LogP contribution in [0.3, 0.4) is 0 Å². The van der Waals surface area contributed by atoms with Crippen molar-refractivity contribution in [1.82, 2.24) is 9.47 Å². The Labute approximate surface area is 232 Å². The van der Waals surface area contributed by atoms with Crippen LogP contribution in [0.2, 0.25) is 0 Å². The Kier molecular flexibility index (Phi) is 7.83. The summed E-state index contributed by atoms with van der Waals surface area (Å²) in [6.45, 7) is 2.19. The molecule has 1 fully saturated rings. The van der Waals surface area contributed by atoms with Gasteiger partial charge in [-0.15, -0.1) is 11.3 Å². The first-order valence-electron chi connectivity index (χ1n) is 10.8. The molecule has 198 valence electrons. The number of allylic oxidation sites excluding steroid dienone is 1. The number of rotatable bonds is 7. The number of carboxylic acids is 3. The monoisotopic (exact) mass is 593 g/mol. The highest BCUT2D eigenvalue weighted by Gasteiger charge is 2.35. The van der Waals surface area contributed by atoms with E-state index in [1.807, 2.05) is 26.0 Å². The average Bonchev–Trinajstić information content (AvgIpc) is 3.39. The Morgan fingerprint density at radius 1 is 0.895 bits per heavy atom. The Hall–Kier alpha value is -3.40. The van der Waals surface area contributed by atoms with Gasteiger partial charge in [0.25, 0.3) is 11.5 Å². The topological polar surface area (TPSA) is 157 Å². The fraction of sp³-hybridized carbons (Fsp3) is 0.217. The number of nitrogens with zero attached hydrogens (tertiary/aromatic N) is 3. The molecule has 3 heterocycles. The summed E-state index contributed by atoms with van der Waals surface area (Å²) in [4.78, 5) is 63.5. The Bertz CT molecular complexity index is 1640. The molecule has 15 heteroatoms. The molecule has 0 saturated carbocycles. The summed E-state index contributed by atoms with van der Waals surface area (Å²) in [6, 6.07) is 3.86. The molecule has 0 atom stereocenters. The van der Waals surface area contributed by atoms with Crippen molar-refractivity contribution in [3.05, 3.63) is 53.9 Å². The first kappa shape index (κ1) is 27.6. The lowest BCUT2D eigenvalue weighted by Crippen LogP contribution is -2.36. The number of aryl methyl sites for hydroxylation is 2. The predicted molar refractivity (Wildman–Crippen MR) is 148 cm³/mol. The van der Waals surface area contributed by atoms with Crippen LogP contribution in [-0.4, -0.2) is 66.0 Å². The van der Waals surface area contributed by atoms with Gasteiger partial charge in [0.15, 0.2) is 0 Å². The summed E-state index contributed by atoms with van der Waals surface area (Å²) in [5.41, 5.74) is 2.10. The van der Waals surface area contributed by atoms with Crippen LogP contribution in [0.25, 0.3) is 11.0 Å². The van der Waals surface area contributed by atoms with E-state index in [0.717, 1.165) is 54.3 Å². The molecule has 1 amide bonds. The van der Waals surface area contributed by atoms with E-state index >= 15 is 0 Å². The third-order valence-corrected chi connectivity index (χ3v) is 9.38. The van der Waals surface area contributed by atoms with Crippen molar-refractivity contribution in [2.75, 3.05) is 18.0 Å². The third kappa shape index (κ3) is 5.41. The lowest BCUT2D eigenvalue weighted by Gasteiger charge is -2.18. The number of aromatic nitrogens is 1. The van der Waals surface area contributed by atoms with Crippen LogP contribution in [0.4, 0.5) is 5.69 Å². The van der Waals surface area contributed by atoms with Gasteiger partial charge >= 0.3 is 17.9 Å². The molecule has 4 rings (SSSR count). The van der Waals surface area contributed by atoms with Crippen LogP contribution in [0.5, 0.6) is 0 Å². The average molecular weight is 594 g/mol. The summed E-state index contributed by atoms with van der Waals surface area (Å²) >= 11 is 8.12. The second-order valence-corrected chi connectivity index (χ2v) is 11.9. The van der Waals surface area contributed by atoms with Crippen molar-refractivity contribution < 1.29 is 34.5 Å². The molecule has 1 saturated heterocycles. The quantitative estimate of drug-likeness (QED) is 0.392. The number of thiazole rings is 1.